The summed E-state index contributed by atoms with van der Waals surface area (Å²) in [7, 11) is 0. The second-order valence-corrected chi connectivity index (χ2v) is 3.00. The molecular weight excluding hydrogens is 197 g/mol. The van der Waals surface area contributed by atoms with Gasteiger partial charge in [-0.1, -0.05) is 11.6 Å². The number of hydrogen-bond acceptors (Lipinski definition) is 2. The van der Waals surface area contributed by atoms with Gasteiger partial charge in [0, 0.05) is 6.20 Å². The molecule has 0 aromatic heterocycles. The van der Waals surface area contributed by atoms with Crippen molar-refractivity contribution in [2.45, 2.75) is 13.0 Å². The SMILES string of the molecule is C=N/C=C(Cl)\C=C(/C)[C@@H](O)CCl. The minimum absolute atomic E-state index is 0.161. The van der Waals surface area contributed by atoms with Crippen molar-refractivity contribution in [1.82, 2.24) is 0 Å². The molecule has 0 aliphatic carbocycles. The summed E-state index contributed by atoms with van der Waals surface area (Å²) in [5.74, 6) is 0.161. The second-order valence-electron chi connectivity index (χ2n) is 2.26. The van der Waals surface area contributed by atoms with Crippen LogP contribution in [0.1, 0.15) is 6.92 Å². The van der Waals surface area contributed by atoms with E-state index in [9.17, 15) is 5.11 Å². The highest BCUT2D eigenvalue weighted by Gasteiger charge is 2.03. The van der Waals surface area contributed by atoms with Crippen molar-refractivity contribution < 1.29 is 5.11 Å². The molecule has 0 bridgehead atoms. The highest BCUT2D eigenvalue weighted by atomic mass is 35.5. The van der Waals surface area contributed by atoms with E-state index in [1.807, 2.05) is 0 Å². The van der Waals surface area contributed by atoms with Crippen LogP contribution in [0.4, 0.5) is 0 Å². The number of rotatable bonds is 4. The molecule has 0 aliphatic heterocycles. The molecule has 2 nitrogen and oxygen atoms in total. The third-order valence-corrected chi connectivity index (χ3v) is 1.75. The van der Waals surface area contributed by atoms with Crippen LogP contribution in [0.3, 0.4) is 0 Å². The van der Waals surface area contributed by atoms with Gasteiger partial charge in [-0.05, 0) is 25.3 Å². The molecule has 0 fully saturated rings. The van der Waals surface area contributed by atoms with Crippen LogP contribution in [0.15, 0.2) is 27.9 Å². The Morgan fingerprint density at radius 1 is 1.75 bits per heavy atom. The summed E-state index contributed by atoms with van der Waals surface area (Å²) in [5, 5.41) is 9.63. The quantitative estimate of drug-likeness (QED) is 0.429. The van der Waals surface area contributed by atoms with Gasteiger partial charge in [-0.15, -0.1) is 11.6 Å². The summed E-state index contributed by atoms with van der Waals surface area (Å²) < 4.78 is 0. The molecule has 0 aromatic carbocycles. The van der Waals surface area contributed by atoms with E-state index in [4.69, 9.17) is 23.2 Å². The van der Waals surface area contributed by atoms with Gasteiger partial charge in [0.15, 0.2) is 0 Å². The minimum Gasteiger partial charge on any atom is -0.388 e. The zero-order chi connectivity index (χ0) is 9.56. The van der Waals surface area contributed by atoms with Crippen LogP contribution in [0.25, 0.3) is 0 Å². The van der Waals surface area contributed by atoms with Gasteiger partial charge in [0.2, 0.25) is 0 Å². The van der Waals surface area contributed by atoms with Crippen molar-refractivity contribution in [1.29, 1.82) is 0 Å². The fourth-order valence-electron chi connectivity index (χ4n) is 0.560. The smallest absolute Gasteiger partial charge is 0.0886 e. The zero-order valence-electron chi connectivity index (χ0n) is 6.80. The Labute approximate surface area is 82.2 Å². The molecule has 0 spiro atoms. The maximum Gasteiger partial charge on any atom is 0.0886 e. The van der Waals surface area contributed by atoms with Gasteiger partial charge >= 0.3 is 0 Å². The summed E-state index contributed by atoms with van der Waals surface area (Å²) in [5.41, 5.74) is 0.704. The van der Waals surface area contributed by atoms with E-state index in [0.717, 1.165) is 0 Å². The lowest BCUT2D eigenvalue weighted by Crippen LogP contribution is -2.09. The Bertz CT molecular complexity index is 211. The van der Waals surface area contributed by atoms with Crippen LogP contribution in [0, 0.1) is 0 Å². The van der Waals surface area contributed by atoms with E-state index in [1.54, 1.807) is 13.0 Å². The van der Waals surface area contributed by atoms with Crippen LogP contribution in [0.5, 0.6) is 0 Å². The molecule has 4 heteroatoms. The van der Waals surface area contributed by atoms with Crippen LogP contribution in [-0.4, -0.2) is 23.8 Å². The molecule has 1 N–H and O–H groups in total. The lowest BCUT2D eigenvalue weighted by Gasteiger charge is -2.05. The highest BCUT2D eigenvalue weighted by molar-refractivity contribution is 6.31. The number of aliphatic hydroxyl groups excluding tert-OH is 1. The molecule has 12 heavy (non-hydrogen) atoms. The summed E-state index contributed by atoms with van der Waals surface area (Å²) in [6, 6.07) is 0. The molecule has 0 radical (unpaired) electrons. The summed E-state index contributed by atoms with van der Waals surface area (Å²) in [4.78, 5) is 3.47. The third-order valence-electron chi connectivity index (χ3n) is 1.25. The van der Waals surface area contributed by atoms with Crippen molar-refractivity contribution in [3.8, 4) is 0 Å². The number of aliphatic hydroxyl groups is 1. The topological polar surface area (TPSA) is 32.6 Å². The molecule has 0 aromatic rings. The highest BCUT2D eigenvalue weighted by Crippen LogP contribution is 2.10. The van der Waals surface area contributed by atoms with E-state index >= 15 is 0 Å². The normalized spacial score (nSPS) is 16.0. The van der Waals surface area contributed by atoms with Crippen molar-refractivity contribution in [2.75, 3.05) is 5.88 Å². The Morgan fingerprint density at radius 3 is 2.75 bits per heavy atom. The molecule has 0 amide bonds. The molecule has 0 rings (SSSR count). The Hall–Kier alpha value is -0.310. The first-order valence-corrected chi connectivity index (χ1v) is 4.26. The first-order valence-electron chi connectivity index (χ1n) is 3.35. The van der Waals surface area contributed by atoms with Crippen LogP contribution >= 0.6 is 23.2 Å². The maximum absolute atomic E-state index is 9.21. The zero-order valence-corrected chi connectivity index (χ0v) is 8.31. The average molecular weight is 208 g/mol. The van der Waals surface area contributed by atoms with E-state index < -0.39 is 6.10 Å². The Morgan fingerprint density at radius 2 is 2.33 bits per heavy atom. The fourth-order valence-corrected chi connectivity index (χ4v) is 1.04. The lowest BCUT2D eigenvalue weighted by molar-refractivity contribution is 0.234. The molecule has 1 atom stereocenters. The number of aliphatic imine (C=N–C) groups is 1. The molecule has 0 unspecified atom stereocenters. The summed E-state index contributed by atoms with van der Waals surface area (Å²) in [6.45, 7) is 4.99. The molecule has 0 aliphatic rings. The predicted octanol–water partition coefficient (Wildman–Crippen LogP) is 2.31. The summed E-state index contributed by atoms with van der Waals surface area (Å²) in [6.07, 6.45) is 2.34. The lowest BCUT2D eigenvalue weighted by atomic mass is 10.2. The molecule has 0 saturated carbocycles. The van der Waals surface area contributed by atoms with E-state index in [2.05, 4.69) is 11.7 Å². The fraction of sp³-hybridized carbons (Fsp3) is 0.375. The molecule has 68 valence electrons. The van der Waals surface area contributed by atoms with Gasteiger partial charge < -0.3 is 5.11 Å². The van der Waals surface area contributed by atoms with Crippen molar-refractivity contribution >= 4 is 29.9 Å². The number of halogens is 2. The van der Waals surface area contributed by atoms with Gasteiger partial charge in [-0.2, -0.15) is 0 Å². The van der Waals surface area contributed by atoms with Crippen molar-refractivity contribution in [3.63, 3.8) is 0 Å². The van der Waals surface area contributed by atoms with Crippen molar-refractivity contribution in [2.24, 2.45) is 4.99 Å². The van der Waals surface area contributed by atoms with Gasteiger partial charge in [-0.25, -0.2) is 0 Å². The third kappa shape index (κ3) is 4.54. The van der Waals surface area contributed by atoms with Gasteiger partial charge in [0.1, 0.15) is 0 Å². The molecule has 0 saturated heterocycles. The van der Waals surface area contributed by atoms with Crippen LogP contribution in [-0.2, 0) is 0 Å². The second kappa shape index (κ2) is 6.23. The van der Waals surface area contributed by atoms with Gasteiger partial charge in [0.25, 0.3) is 0 Å². The number of alkyl halides is 1. The standard InChI is InChI=1S/C8H11Cl2NO/c1-6(8(12)4-9)3-7(10)5-11-2/h3,5,8,12H,2,4H2,1H3/b6-3+,7-5+/t8-/m0/s1. The number of allylic oxidation sites excluding steroid dienone is 2. The first kappa shape index (κ1) is 11.7. The molecule has 0 heterocycles. The summed E-state index contributed by atoms with van der Waals surface area (Å²) >= 11 is 11.1. The Balaban J connectivity index is 4.34. The van der Waals surface area contributed by atoms with Crippen LogP contribution in [0.2, 0.25) is 0 Å². The van der Waals surface area contributed by atoms with Gasteiger partial charge in [-0.3, -0.25) is 4.99 Å². The Kier molecular flexibility index (Phi) is 6.07. The van der Waals surface area contributed by atoms with E-state index in [-0.39, 0.29) is 5.88 Å². The number of nitrogens with zero attached hydrogens (tertiary/aromatic N) is 1. The minimum atomic E-state index is -0.654. The maximum atomic E-state index is 9.21. The van der Waals surface area contributed by atoms with Crippen LogP contribution < -0.4 is 0 Å². The van der Waals surface area contributed by atoms with Crippen molar-refractivity contribution in [3.05, 3.63) is 22.9 Å². The predicted molar refractivity (Wildman–Crippen MR) is 54.0 cm³/mol. The largest absolute Gasteiger partial charge is 0.388 e. The molecular formula is C8H11Cl2NO. The number of hydrogen-bond donors (Lipinski definition) is 1. The first-order chi connectivity index (χ1) is 5.61. The monoisotopic (exact) mass is 207 g/mol. The van der Waals surface area contributed by atoms with E-state index in [0.29, 0.717) is 10.6 Å². The van der Waals surface area contributed by atoms with Gasteiger partial charge in [0.05, 0.1) is 17.0 Å². The average Bonchev–Trinajstić information content (AvgIpc) is 2.03. The van der Waals surface area contributed by atoms with E-state index in [1.165, 1.54) is 6.20 Å².